The van der Waals surface area contributed by atoms with Gasteiger partial charge in [-0.25, -0.2) is 18.3 Å². The second-order valence-corrected chi connectivity index (χ2v) is 9.08. The molecule has 0 aliphatic carbocycles. The molecule has 0 bridgehead atoms. The van der Waals surface area contributed by atoms with Crippen molar-refractivity contribution >= 4 is 0 Å². The van der Waals surface area contributed by atoms with E-state index in [4.69, 9.17) is 0 Å². The molecule has 6 heteroatoms. The van der Waals surface area contributed by atoms with E-state index < -0.39 is 12.2 Å². The van der Waals surface area contributed by atoms with Crippen LogP contribution in [0.3, 0.4) is 0 Å². The van der Waals surface area contributed by atoms with E-state index in [1.54, 1.807) is 0 Å². The Balaban J connectivity index is 1.21. The van der Waals surface area contributed by atoms with Crippen LogP contribution in [0.25, 0.3) is 0 Å². The number of hydrogen-bond acceptors (Lipinski definition) is 2. The van der Waals surface area contributed by atoms with E-state index in [0.29, 0.717) is 0 Å². The van der Waals surface area contributed by atoms with Crippen LogP contribution in [0, 0.1) is 0 Å². The van der Waals surface area contributed by atoms with E-state index in [1.165, 1.54) is 0 Å². The van der Waals surface area contributed by atoms with Gasteiger partial charge in [-0.05, 0) is 36.8 Å². The molecule has 178 valence electrons. The molecule has 2 N–H and O–H groups in total. The fraction of sp³-hybridized carbons (Fsp3) is 0.357. The highest BCUT2D eigenvalue weighted by Crippen LogP contribution is 2.21. The molecule has 4 aromatic rings. The number of aryl methyl sites for hydroxylation is 4. The second kappa shape index (κ2) is 11.3. The number of benzene rings is 2. The molecule has 0 unspecified atom stereocenters. The molecule has 0 radical (unpaired) electrons. The summed E-state index contributed by atoms with van der Waals surface area (Å²) in [5.41, 5.74) is 3.63. The molecule has 2 aromatic heterocycles. The van der Waals surface area contributed by atoms with Crippen LogP contribution in [0.5, 0.6) is 0 Å². The lowest BCUT2D eigenvalue weighted by Crippen LogP contribution is -2.31. The number of imidazole rings is 2. The largest absolute Gasteiger partial charge is 0.380 e. The Morgan fingerprint density at radius 3 is 1.38 bits per heavy atom. The van der Waals surface area contributed by atoms with Crippen LogP contribution in [0.4, 0.5) is 0 Å². The highest BCUT2D eigenvalue weighted by molar-refractivity contribution is 5.24. The Morgan fingerprint density at radius 2 is 1.00 bits per heavy atom. The van der Waals surface area contributed by atoms with Gasteiger partial charge in [0.2, 0.25) is 12.7 Å². The van der Waals surface area contributed by atoms with Crippen LogP contribution in [0.2, 0.25) is 0 Å². The van der Waals surface area contributed by atoms with Crippen molar-refractivity contribution in [3.05, 3.63) is 108 Å². The zero-order valence-electron chi connectivity index (χ0n) is 20.2. The van der Waals surface area contributed by atoms with Crippen molar-refractivity contribution in [3.8, 4) is 0 Å². The third-order valence-electron chi connectivity index (χ3n) is 6.43. The normalized spacial score (nSPS) is 13.2. The van der Waals surface area contributed by atoms with Crippen molar-refractivity contribution in [2.45, 2.75) is 51.0 Å². The Labute approximate surface area is 202 Å². The van der Waals surface area contributed by atoms with Crippen molar-refractivity contribution in [2.24, 2.45) is 14.1 Å². The van der Waals surface area contributed by atoms with Gasteiger partial charge >= 0.3 is 0 Å². The summed E-state index contributed by atoms with van der Waals surface area (Å²) in [4.78, 5) is 0. The van der Waals surface area contributed by atoms with Crippen molar-refractivity contribution in [2.75, 3.05) is 0 Å². The average molecular weight is 461 g/mol. The molecule has 0 aliphatic rings. The van der Waals surface area contributed by atoms with Crippen LogP contribution in [0.15, 0.2) is 85.7 Å². The fourth-order valence-corrected chi connectivity index (χ4v) is 4.49. The number of nitrogens with zero attached hydrogens (tertiary/aromatic N) is 4. The van der Waals surface area contributed by atoms with E-state index in [0.717, 1.165) is 61.3 Å². The zero-order valence-corrected chi connectivity index (χ0v) is 20.2. The van der Waals surface area contributed by atoms with E-state index in [1.807, 2.05) is 83.9 Å². The molecule has 0 fully saturated rings. The third-order valence-corrected chi connectivity index (χ3v) is 6.43. The smallest absolute Gasteiger partial charge is 0.243 e. The summed E-state index contributed by atoms with van der Waals surface area (Å²) in [6.07, 6.45) is 11.5. The Kier molecular flexibility index (Phi) is 7.93. The fourth-order valence-electron chi connectivity index (χ4n) is 4.49. The molecule has 4 rings (SSSR count). The van der Waals surface area contributed by atoms with E-state index in [-0.39, 0.29) is 0 Å². The maximum absolute atomic E-state index is 10.7. The summed E-state index contributed by atoms with van der Waals surface area (Å²) in [6, 6.07) is 19.6. The molecule has 2 heterocycles. The Hall–Kier alpha value is -3.22. The molecule has 6 nitrogen and oxygen atoms in total. The highest BCUT2D eigenvalue weighted by Gasteiger charge is 2.21. The lowest BCUT2D eigenvalue weighted by atomic mass is 10.1. The van der Waals surface area contributed by atoms with Crippen molar-refractivity contribution in [3.63, 3.8) is 0 Å². The number of aromatic nitrogens is 4. The first kappa shape index (κ1) is 23.9. The third kappa shape index (κ3) is 5.82. The molecule has 0 spiro atoms. The quantitative estimate of drug-likeness (QED) is 0.266. The molecular weight excluding hydrogens is 424 g/mol. The summed E-state index contributed by atoms with van der Waals surface area (Å²) in [5, 5.41) is 21.4. The highest BCUT2D eigenvalue weighted by atomic mass is 16.3. The van der Waals surface area contributed by atoms with Crippen LogP contribution < -0.4 is 9.13 Å². The molecule has 0 amide bonds. The minimum Gasteiger partial charge on any atom is -0.380 e. The maximum atomic E-state index is 10.7. The van der Waals surface area contributed by atoms with E-state index in [9.17, 15) is 10.2 Å². The summed E-state index contributed by atoms with van der Waals surface area (Å²) in [7, 11) is 3.97. The average Bonchev–Trinajstić information content (AvgIpc) is 3.43. The SMILES string of the molecule is Cn1c[n+](CCCCCC[n+]2cc([C@@H](O)c3ccccc3)n(C)c2)cc1[C@H](O)c1ccccc1. The van der Waals surface area contributed by atoms with Gasteiger partial charge in [0, 0.05) is 0 Å². The van der Waals surface area contributed by atoms with Crippen LogP contribution in [-0.2, 0) is 27.2 Å². The van der Waals surface area contributed by atoms with Gasteiger partial charge in [0.05, 0.1) is 27.2 Å². The lowest BCUT2D eigenvalue weighted by Gasteiger charge is -2.07. The van der Waals surface area contributed by atoms with E-state index in [2.05, 4.69) is 34.2 Å². The van der Waals surface area contributed by atoms with Crippen molar-refractivity contribution in [1.29, 1.82) is 0 Å². The van der Waals surface area contributed by atoms with Gasteiger partial charge in [-0.3, -0.25) is 0 Å². The predicted molar refractivity (Wildman–Crippen MR) is 131 cm³/mol. The van der Waals surface area contributed by atoms with Gasteiger partial charge in [-0.2, -0.15) is 0 Å². The van der Waals surface area contributed by atoms with Gasteiger partial charge < -0.3 is 10.2 Å². The monoisotopic (exact) mass is 460 g/mol. The molecular formula is C28H36N4O2+2. The first-order chi connectivity index (χ1) is 16.5. The first-order valence-corrected chi connectivity index (χ1v) is 12.1. The Bertz CT molecular complexity index is 1070. The van der Waals surface area contributed by atoms with Crippen LogP contribution in [0.1, 0.15) is 60.4 Å². The second-order valence-electron chi connectivity index (χ2n) is 9.08. The van der Waals surface area contributed by atoms with Crippen molar-refractivity contribution < 1.29 is 19.3 Å². The minimum atomic E-state index is -0.611. The molecule has 0 saturated heterocycles. The first-order valence-electron chi connectivity index (χ1n) is 12.1. The number of aliphatic hydroxyl groups excluding tert-OH is 2. The van der Waals surface area contributed by atoms with Gasteiger partial charge in [0.1, 0.15) is 24.6 Å². The number of hydrogen-bond donors (Lipinski definition) is 2. The summed E-state index contributed by atoms with van der Waals surface area (Å²) >= 11 is 0. The molecule has 2 aromatic carbocycles. The summed E-state index contributed by atoms with van der Waals surface area (Å²) in [6.45, 7) is 1.89. The standard InChI is InChI=1S/C28H36N4O2/c1-29-21-31(19-25(29)27(33)23-13-7-5-8-14-23)17-11-3-4-12-18-32-20-26(30(2)22-32)28(34)24-15-9-6-10-16-24/h5-10,13-16,19-22,27-28,33-34H,3-4,11-12,17-18H2,1-2H3/q+2/t27-,28+. The van der Waals surface area contributed by atoms with Gasteiger partial charge in [0.15, 0.2) is 11.4 Å². The van der Waals surface area contributed by atoms with Gasteiger partial charge in [-0.15, -0.1) is 0 Å². The topological polar surface area (TPSA) is 58.1 Å². The van der Waals surface area contributed by atoms with Crippen molar-refractivity contribution in [1.82, 2.24) is 9.13 Å². The number of rotatable bonds is 11. The predicted octanol–water partition coefficient (Wildman–Crippen LogP) is 3.36. The number of aliphatic hydroxyl groups is 2. The van der Waals surface area contributed by atoms with Crippen LogP contribution >= 0.6 is 0 Å². The number of unbranched alkanes of at least 4 members (excludes halogenated alkanes) is 3. The molecule has 34 heavy (non-hydrogen) atoms. The van der Waals surface area contributed by atoms with Gasteiger partial charge in [-0.1, -0.05) is 60.7 Å². The lowest BCUT2D eigenvalue weighted by molar-refractivity contribution is -0.698. The molecule has 0 aliphatic heterocycles. The minimum absolute atomic E-state index is 0.611. The maximum Gasteiger partial charge on any atom is 0.243 e. The van der Waals surface area contributed by atoms with Gasteiger partial charge in [0.25, 0.3) is 0 Å². The Morgan fingerprint density at radius 1 is 0.618 bits per heavy atom. The summed E-state index contributed by atoms with van der Waals surface area (Å²) in [5.74, 6) is 0. The van der Waals surface area contributed by atoms with E-state index >= 15 is 0 Å². The zero-order chi connectivity index (χ0) is 23.9. The van der Waals surface area contributed by atoms with Crippen LogP contribution in [-0.4, -0.2) is 19.3 Å². The summed E-state index contributed by atoms with van der Waals surface area (Å²) < 4.78 is 8.35. The molecule has 2 atom stereocenters. The molecule has 0 saturated carbocycles.